The summed E-state index contributed by atoms with van der Waals surface area (Å²) in [6.45, 7) is 8.92. The maximum atomic E-state index is 14.1. The van der Waals surface area contributed by atoms with Crippen LogP contribution in [0.25, 0.3) is 33.8 Å². The van der Waals surface area contributed by atoms with Gasteiger partial charge in [0.2, 0.25) is 17.6 Å². The lowest BCUT2D eigenvalue weighted by atomic mass is 10.0. The molecule has 2 unspecified atom stereocenters. The Balaban J connectivity index is 0.994. The van der Waals surface area contributed by atoms with Gasteiger partial charge in [0.05, 0.1) is 30.9 Å². The zero-order chi connectivity index (χ0) is 41.4. The third-order valence-electron chi connectivity index (χ3n) is 10.3. The topological polar surface area (TPSA) is 147 Å². The molecule has 2 atom stereocenters. The van der Waals surface area contributed by atoms with E-state index < -0.39 is 17.7 Å². The predicted octanol–water partition coefficient (Wildman–Crippen LogP) is 9.09. The summed E-state index contributed by atoms with van der Waals surface area (Å²) >= 11 is 0. The Labute approximate surface area is 345 Å². The lowest BCUT2D eigenvalue weighted by Crippen LogP contribution is -2.44. The number of aromatic nitrogens is 4. The highest BCUT2D eigenvalue weighted by Gasteiger charge is 2.37. The van der Waals surface area contributed by atoms with E-state index in [2.05, 4.69) is 39.5 Å². The van der Waals surface area contributed by atoms with E-state index in [1.54, 1.807) is 36.8 Å². The van der Waals surface area contributed by atoms with Gasteiger partial charge in [-0.05, 0) is 67.9 Å². The van der Waals surface area contributed by atoms with Gasteiger partial charge in [0.1, 0.15) is 17.5 Å². The Morgan fingerprint density at radius 3 is 2.20 bits per heavy atom. The van der Waals surface area contributed by atoms with Crippen LogP contribution in [0.15, 0.2) is 120 Å². The van der Waals surface area contributed by atoms with Crippen LogP contribution in [-0.2, 0) is 27.3 Å². The minimum absolute atomic E-state index is 0.0310. The lowest BCUT2D eigenvalue weighted by Gasteiger charge is -2.29. The van der Waals surface area contributed by atoms with Crippen molar-refractivity contribution < 1.29 is 23.6 Å². The SMILES string of the molecule is CCCCN(Cc1nc(-c2ccc(-c3ccc(-c4cnc(C5CCCN5C(=O)C(NC(=O)OC(C)(C)C)c5ccccc5)[nH]4)cc3)cc2)no1)C(=O)Cc1ccccc1. The van der Waals surface area contributed by atoms with Crippen molar-refractivity contribution in [3.05, 3.63) is 138 Å². The maximum Gasteiger partial charge on any atom is 0.408 e. The molecule has 1 aliphatic rings. The first-order valence-corrected chi connectivity index (χ1v) is 20.3. The van der Waals surface area contributed by atoms with E-state index in [0.717, 1.165) is 59.2 Å². The third kappa shape index (κ3) is 10.3. The number of likely N-dealkylation sites (tertiary alicyclic amines) is 1. The van der Waals surface area contributed by atoms with E-state index in [1.807, 2.05) is 97.1 Å². The number of ether oxygens (including phenoxy) is 1. The number of H-pyrrole nitrogens is 1. The van der Waals surface area contributed by atoms with E-state index in [4.69, 9.17) is 14.2 Å². The molecular weight excluding hydrogens is 743 g/mol. The quantitative estimate of drug-likeness (QED) is 0.111. The molecule has 0 radical (unpaired) electrons. The Bertz CT molecular complexity index is 2320. The number of carbonyl (C=O) groups is 3. The van der Waals surface area contributed by atoms with E-state index in [-0.39, 0.29) is 24.4 Å². The fraction of sp³-hybridized carbons (Fsp3) is 0.319. The number of hydrogen-bond donors (Lipinski definition) is 2. The number of benzene rings is 4. The fourth-order valence-corrected chi connectivity index (χ4v) is 7.27. The van der Waals surface area contributed by atoms with Crippen molar-refractivity contribution in [1.82, 2.24) is 35.2 Å². The molecule has 12 nitrogen and oxygen atoms in total. The molecule has 7 rings (SSSR count). The largest absolute Gasteiger partial charge is 0.444 e. The molecule has 0 saturated carbocycles. The summed E-state index contributed by atoms with van der Waals surface area (Å²) in [6, 6.07) is 34.0. The third-order valence-corrected chi connectivity index (χ3v) is 10.3. The first-order chi connectivity index (χ1) is 28.5. The number of amides is 3. The highest BCUT2D eigenvalue weighted by molar-refractivity contribution is 5.87. The van der Waals surface area contributed by atoms with Gasteiger partial charge < -0.3 is 29.4 Å². The van der Waals surface area contributed by atoms with Crippen molar-refractivity contribution in [2.24, 2.45) is 0 Å². The summed E-state index contributed by atoms with van der Waals surface area (Å²) < 4.78 is 11.1. The van der Waals surface area contributed by atoms with Crippen LogP contribution in [-0.4, -0.2) is 66.5 Å². The Morgan fingerprint density at radius 1 is 0.898 bits per heavy atom. The second-order valence-electron chi connectivity index (χ2n) is 15.9. The van der Waals surface area contributed by atoms with Gasteiger partial charge in [0.15, 0.2) is 0 Å². The second-order valence-corrected chi connectivity index (χ2v) is 15.9. The van der Waals surface area contributed by atoms with Gasteiger partial charge in [-0.25, -0.2) is 9.78 Å². The molecule has 3 heterocycles. The van der Waals surface area contributed by atoms with Crippen LogP contribution in [0.4, 0.5) is 4.79 Å². The van der Waals surface area contributed by atoms with Gasteiger partial charge in [0, 0.05) is 18.7 Å². The normalized spacial score (nSPS) is 14.5. The van der Waals surface area contributed by atoms with Gasteiger partial charge in [-0.2, -0.15) is 4.98 Å². The highest BCUT2D eigenvalue weighted by atomic mass is 16.6. The number of alkyl carbamates (subject to hydrolysis) is 1. The molecule has 12 heteroatoms. The number of hydrogen-bond acceptors (Lipinski definition) is 8. The maximum absolute atomic E-state index is 14.1. The van der Waals surface area contributed by atoms with Gasteiger partial charge in [-0.1, -0.05) is 128 Å². The monoisotopic (exact) mass is 793 g/mol. The summed E-state index contributed by atoms with van der Waals surface area (Å²) in [7, 11) is 0. The molecule has 2 aromatic heterocycles. The number of unbranched alkanes of at least 4 members (excludes halogenated alkanes) is 1. The van der Waals surface area contributed by atoms with Crippen LogP contribution < -0.4 is 5.32 Å². The van der Waals surface area contributed by atoms with Crippen LogP contribution in [0.1, 0.15) is 88.3 Å². The molecule has 4 aromatic carbocycles. The molecule has 0 bridgehead atoms. The first-order valence-electron chi connectivity index (χ1n) is 20.3. The summed E-state index contributed by atoms with van der Waals surface area (Å²) in [5.41, 5.74) is 5.64. The molecule has 0 aliphatic carbocycles. The van der Waals surface area contributed by atoms with Gasteiger partial charge in [-0.3, -0.25) is 9.59 Å². The predicted molar refractivity (Wildman–Crippen MR) is 225 cm³/mol. The van der Waals surface area contributed by atoms with Crippen molar-refractivity contribution in [1.29, 1.82) is 0 Å². The smallest absolute Gasteiger partial charge is 0.408 e. The average Bonchev–Trinajstić information content (AvgIpc) is 4.04. The summed E-state index contributed by atoms with van der Waals surface area (Å²) in [6.07, 6.45) is 4.91. The number of carbonyl (C=O) groups excluding carboxylic acids is 3. The second kappa shape index (κ2) is 18.4. The van der Waals surface area contributed by atoms with Crippen molar-refractivity contribution in [3.8, 4) is 33.8 Å². The van der Waals surface area contributed by atoms with Crippen molar-refractivity contribution in [2.45, 2.75) is 84.0 Å². The van der Waals surface area contributed by atoms with Crippen molar-refractivity contribution in [3.63, 3.8) is 0 Å². The first kappa shape index (κ1) is 40.6. The van der Waals surface area contributed by atoms with Crippen LogP contribution in [0, 0.1) is 0 Å². The zero-order valence-corrected chi connectivity index (χ0v) is 34.1. The number of nitrogens with one attached hydrogen (secondary N) is 2. The number of rotatable bonds is 14. The fourth-order valence-electron chi connectivity index (χ4n) is 7.27. The molecule has 59 heavy (non-hydrogen) atoms. The molecule has 3 amide bonds. The molecule has 6 aromatic rings. The lowest BCUT2D eigenvalue weighted by molar-refractivity contribution is -0.135. The molecule has 2 N–H and O–H groups in total. The van der Waals surface area contributed by atoms with Gasteiger partial charge in [-0.15, -0.1) is 0 Å². The molecule has 1 fully saturated rings. The number of imidazole rings is 1. The van der Waals surface area contributed by atoms with Gasteiger partial charge >= 0.3 is 6.09 Å². The standard InChI is InChI=1S/C47H51N7O5/c1-5-6-27-53(41(55)29-32-14-9-7-10-15-32)31-40-50-43(52-59-40)37-25-21-34(22-26-37)33-19-23-35(24-20-33)38-30-48-44(49-38)39-18-13-28-54(39)45(56)42(36-16-11-8-12-17-36)51-46(57)58-47(2,3)4/h7-12,14-17,19-26,30,39,42H,5-6,13,18,27-29,31H2,1-4H3,(H,48,49)(H,51,57). The highest BCUT2D eigenvalue weighted by Crippen LogP contribution is 2.35. The van der Waals surface area contributed by atoms with Gasteiger partial charge in [0.25, 0.3) is 5.91 Å². The van der Waals surface area contributed by atoms with E-state index in [0.29, 0.717) is 42.6 Å². The van der Waals surface area contributed by atoms with E-state index in [1.165, 1.54) is 0 Å². The van der Waals surface area contributed by atoms with Crippen LogP contribution in [0.5, 0.6) is 0 Å². The number of nitrogens with zero attached hydrogens (tertiary/aromatic N) is 5. The summed E-state index contributed by atoms with van der Waals surface area (Å²) in [5, 5.41) is 7.04. The summed E-state index contributed by atoms with van der Waals surface area (Å²) in [5.74, 6) is 1.39. The van der Waals surface area contributed by atoms with Crippen LogP contribution in [0.2, 0.25) is 0 Å². The molecule has 0 spiro atoms. The van der Waals surface area contributed by atoms with Crippen molar-refractivity contribution >= 4 is 17.9 Å². The van der Waals surface area contributed by atoms with E-state index >= 15 is 0 Å². The van der Waals surface area contributed by atoms with Crippen LogP contribution >= 0.6 is 0 Å². The molecular formula is C47H51N7O5. The molecule has 1 saturated heterocycles. The average molecular weight is 794 g/mol. The molecule has 304 valence electrons. The Kier molecular flexibility index (Phi) is 12.6. The number of aromatic amines is 1. The van der Waals surface area contributed by atoms with Crippen molar-refractivity contribution in [2.75, 3.05) is 13.1 Å². The van der Waals surface area contributed by atoms with Crippen LogP contribution in [0.3, 0.4) is 0 Å². The minimum atomic E-state index is -0.902. The van der Waals surface area contributed by atoms with E-state index in [9.17, 15) is 14.4 Å². The zero-order valence-electron chi connectivity index (χ0n) is 34.1. The Morgan fingerprint density at radius 2 is 1.54 bits per heavy atom. The Hall–Kier alpha value is -6.56. The molecule has 1 aliphatic heterocycles. The summed E-state index contributed by atoms with van der Waals surface area (Å²) in [4.78, 5) is 56.6. The minimum Gasteiger partial charge on any atom is -0.444 e.